The van der Waals surface area contributed by atoms with E-state index in [1.807, 2.05) is 6.92 Å². The molecule has 2 rings (SSSR count). The molecule has 0 saturated heterocycles. The van der Waals surface area contributed by atoms with Crippen molar-refractivity contribution in [3.8, 4) is 0 Å². The molecule has 0 aliphatic rings. The number of aryl methyl sites for hydroxylation is 2. The maximum Gasteiger partial charge on any atom is 0.600 e. The Labute approximate surface area is 88.3 Å². The number of benzene rings is 1. The fraction of sp³-hybridized carbons (Fsp3) is 0.273. The first-order valence-electron chi connectivity index (χ1n) is 4.49. The van der Waals surface area contributed by atoms with E-state index in [4.69, 9.17) is 0 Å². The highest BCUT2D eigenvalue weighted by atomic mass is 32.2. The summed E-state index contributed by atoms with van der Waals surface area (Å²) in [4.78, 5) is 0.406. The lowest BCUT2D eigenvalue weighted by atomic mass is 10.2. The van der Waals surface area contributed by atoms with Crippen LogP contribution in [-0.4, -0.2) is 0 Å². The Morgan fingerprint density at radius 3 is 2.33 bits per heavy atom. The van der Waals surface area contributed by atoms with Crippen molar-refractivity contribution in [2.75, 3.05) is 0 Å². The van der Waals surface area contributed by atoms with E-state index in [0.717, 1.165) is 5.56 Å². The van der Waals surface area contributed by atoms with E-state index >= 15 is 0 Å². The van der Waals surface area contributed by atoms with Gasteiger partial charge in [-0.05, 0) is 19.1 Å². The Bertz CT molecular complexity index is 508. The van der Waals surface area contributed by atoms with Crippen molar-refractivity contribution < 1.29 is 13.2 Å². The van der Waals surface area contributed by atoms with Crippen LogP contribution in [0.25, 0.3) is 10.1 Å². The molecule has 1 aromatic carbocycles. The van der Waals surface area contributed by atoms with Crippen molar-refractivity contribution in [2.45, 2.75) is 19.4 Å². The molecule has 0 amide bonds. The van der Waals surface area contributed by atoms with Crippen molar-refractivity contribution in [2.24, 2.45) is 0 Å². The highest BCUT2D eigenvalue weighted by Gasteiger charge is 2.46. The standard InChI is InChI=1S/C11H10F3S/c1-7-3-4-10-9(5-7)6-8(2)15(10)11(12,13)14/h3-6H,1-2H3/q+1. The van der Waals surface area contributed by atoms with Gasteiger partial charge in [-0.2, -0.15) is 0 Å². The highest BCUT2D eigenvalue weighted by Crippen LogP contribution is 2.50. The molecular weight excluding hydrogens is 221 g/mol. The molecule has 0 aliphatic heterocycles. The number of hydrogen-bond acceptors (Lipinski definition) is 0. The molecule has 1 aromatic heterocycles. The largest absolute Gasteiger partial charge is 0.600 e. The maximum atomic E-state index is 12.8. The predicted octanol–water partition coefficient (Wildman–Crippen LogP) is 4.68. The van der Waals surface area contributed by atoms with Crippen molar-refractivity contribution in [3.63, 3.8) is 0 Å². The molecule has 0 nitrogen and oxygen atoms in total. The average Bonchev–Trinajstić information content (AvgIpc) is 2.38. The van der Waals surface area contributed by atoms with Gasteiger partial charge in [-0.3, -0.25) is 0 Å². The summed E-state index contributed by atoms with van der Waals surface area (Å²) in [5, 5.41) is 0.716. The molecule has 2 aromatic rings. The van der Waals surface area contributed by atoms with Gasteiger partial charge in [0.05, 0.1) is 10.5 Å². The van der Waals surface area contributed by atoms with Crippen LogP contribution in [-0.2, 0) is 5.51 Å². The lowest BCUT2D eigenvalue weighted by Gasteiger charge is -1.97. The Hall–Kier alpha value is -1.03. The SMILES string of the molecule is Cc1ccc2c(c1)cc(C)[s+]2C(F)(F)F. The summed E-state index contributed by atoms with van der Waals surface area (Å²) < 4.78 is 38.7. The quantitative estimate of drug-likeness (QED) is 0.577. The first-order valence-corrected chi connectivity index (χ1v) is 5.72. The van der Waals surface area contributed by atoms with E-state index < -0.39 is 16.0 Å². The molecule has 0 bridgehead atoms. The number of hydrogen-bond donors (Lipinski definition) is 0. The fourth-order valence-corrected chi connectivity index (χ4v) is 3.49. The lowest BCUT2D eigenvalue weighted by molar-refractivity contribution is -0.0867. The second-order valence-corrected chi connectivity index (χ2v) is 5.71. The second-order valence-electron chi connectivity index (χ2n) is 3.55. The first-order chi connectivity index (χ1) is 6.89. The van der Waals surface area contributed by atoms with E-state index in [1.54, 1.807) is 31.2 Å². The van der Waals surface area contributed by atoms with Crippen LogP contribution in [0.1, 0.15) is 10.4 Å². The van der Waals surface area contributed by atoms with Gasteiger partial charge in [0, 0.05) is 18.4 Å². The van der Waals surface area contributed by atoms with Gasteiger partial charge in [0.2, 0.25) is 0 Å². The van der Waals surface area contributed by atoms with Gasteiger partial charge in [-0.15, -0.1) is 13.2 Å². The van der Waals surface area contributed by atoms with E-state index in [-0.39, 0.29) is 0 Å². The van der Waals surface area contributed by atoms with Crippen molar-refractivity contribution in [1.29, 1.82) is 0 Å². The van der Waals surface area contributed by atoms with Crippen LogP contribution in [0.2, 0.25) is 0 Å². The van der Waals surface area contributed by atoms with Gasteiger partial charge in [0.25, 0.3) is 0 Å². The third-order valence-corrected chi connectivity index (χ3v) is 4.33. The zero-order chi connectivity index (χ0) is 11.2. The first kappa shape index (κ1) is 10.5. The summed E-state index contributed by atoms with van der Waals surface area (Å²) in [6, 6.07) is 6.77. The lowest BCUT2D eigenvalue weighted by Crippen LogP contribution is -1.96. The number of fused-ring (bicyclic) bond motifs is 1. The summed E-state index contributed by atoms with van der Waals surface area (Å²) >= 11 is 0. The smallest absolute Gasteiger partial charge is 0.118 e. The van der Waals surface area contributed by atoms with E-state index in [1.165, 1.54) is 0 Å². The molecule has 80 valence electrons. The summed E-state index contributed by atoms with van der Waals surface area (Å²) in [7, 11) is -1.71. The van der Waals surface area contributed by atoms with E-state index in [0.29, 0.717) is 15.0 Å². The van der Waals surface area contributed by atoms with Gasteiger partial charge in [-0.25, -0.2) is 0 Å². The van der Waals surface area contributed by atoms with Crippen LogP contribution in [0.5, 0.6) is 0 Å². The molecule has 0 radical (unpaired) electrons. The maximum absolute atomic E-state index is 12.8. The molecule has 15 heavy (non-hydrogen) atoms. The molecule has 0 aliphatic carbocycles. The van der Waals surface area contributed by atoms with Crippen LogP contribution < -0.4 is 0 Å². The summed E-state index contributed by atoms with van der Waals surface area (Å²) in [6.07, 6.45) is 0. The van der Waals surface area contributed by atoms with Crippen LogP contribution in [0.15, 0.2) is 24.3 Å². The van der Waals surface area contributed by atoms with Gasteiger partial charge in [-0.1, -0.05) is 11.6 Å². The van der Waals surface area contributed by atoms with Gasteiger partial charge < -0.3 is 0 Å². The summed E-state index contributed by atoms with van der Waals surface area (Å²) in [5.74, 6) is 0. The zero-order valence-corrected chi connectivity index (χ0v) is 9.17. The Kier molecular flexibility index (Phi) is 2.26. The number of thiophene rings is 1. The highest BCUT2D eigenvalue weighted by molar-refractivity contribution is 7.38. The molecule has 1 heterocycles. The van der Waals surface area contributed by atoms with Gasteiger partial charge >= 0.3 is 5.51 Å². The topological polar surface area (TPSA) is 0 Å². The molecular formula is C11H10F3S+. The summed E-state index contributed by atoms with van der Waals surface area (Å²) in [6.45, 7) is 3.43. The van der Waals surface area contributed by atoms with E-state index in [2.05, 4.69) is 0 Å². The Morgan fingerprint density at radius 2 is 1.73 bits per heavy atom. The number of alkyl halides is 3. The molecule has 0 spiro atoms. The van der Waals surface area contributed by atoms with Crippen molar-refractivity contribution in [1.82, 2.24) is 0 Å². The van der Waals surface area contributed by atoms with Crippen molar-refractivity contribution >= 4 is 20.6 Å². The van der Waals surface area contributed by atoms with Crippen LogP contribution >= 0.6 is 10.5 Å². The monoisotopic (exact) mass is 231 g/mol. The third kappa shape index (κ3) is 1.74. The predicted molar refractivity (Wildman–Crippen MR) is 57.2 cm³/mol. The molecule has 0 fully saturated rings. The number of rotatable bonds is 0. The fourth-order valence-electron chi connectivity index (χ4n) is 1.73. The zero-order valence-electron chi connectivity index (χ0n) is 8.35. The van der Waals surface area contributed by atoms with E-state index in [9.17, 15) is 13.2 Å². The minimum absolute atomic E-state index is 0.406. The average molecular weight is 231 g/mol. The molecule has 0 N–H and O–H groups in total. The van der Waals surface area contributed by atoms with Crippen LogP contribution in [0.3, 0.4) is 0 Å². The second kappa shape index (κ2) is 3.23. The summed E-state index contributed by atoms with van der Waals surface area (Å²) in [5.41, 5.74) is -3.16. The number of halogens is 3. The molecule has 4 heteroatoms. The van der Waals surface area contributed by atoms with Gasteiger partial charge in [0.15, 0.2) is 9.58 Å². The molecule has 1 unspecified atom stereocenters. The van der Waals surface area contributed by atoms with Crippen LogP contribution in [0.4, 0.5) is 13.2 Å². The third-order valence-electron chi connectivity index (χ3n) is 2.30. The minimum Gasteiger partial charge on any atom is -0.118 e. The molecule has 1 atom stereocenters. The normalized spacial score (nSPS) is 13.5. The molecule has 0 saturated carbocycles. The Balaban J connectivity index is 2.80. The van der Waals surface area contributed by atoms with Crippen LogP contribution in [0, 0.1) is 13.8 Å². The minimum atomic E-state index is -4.15. The van der Waals surface area contributed by atoms with Gasteiger partial charge in [0.1, 0.15) is 0 Å². The Morgan fingerprint density at radius 1 is 1.07 bits per heavy atom. The van der Waals surface area contributed by atoms with Crippen molar-refractivity contribution in [3.05, 3.63) is 34.7 Å².